The highest BCUT2D eigenvalue weighted by atomic mass is 16.4. The summed E-state index contributed by atoms with van der Waals surface area (Å²) in [5, 5.41) is 20.4. The molecule has 1 heterocycles. The molecule has 25 heavy (non-hydrogen) atoms. The average Bonchev–Trinajstić information content (AvgIpc) is 3.00. The molecular formula is C15H28N6O4. The Bertz CT molecular complexity index is 491. The van der Waals surface area contributed by atoms with Gasteiger partial charge in [-0.15, -0.1) is 9.35 Å². The molecule has 0 spiro atoms. The molecule has 0 saturated heterocycles. The number of aromatic nitrogens is 2. The van der Waals surface area contributed by atoms with E-state index in [0.717, 1.165) is 12.8 Å². The summed E-state index contributed by atoms with van der Waals surface area (Å²) in [6, 6.07) is -1.61. The quantitative estimate of drug-likeness (QED) is 0.183. The number of carboxylic acids is 2. The largest absolute Gasteiger partial charge is 0.548 e. The molecule has 142 valence electrons. The summed E-state index contributed by atoms with van der Waals surface area (Å²) in [6.07, 6.45) is 8.41. The minimum Gasteiger partial charge on any atom is -0.548 e. The summed E-state index contributed by atoms with van der Waals surface area (Å²) in [5.74, 6) is -2.16. The van der Waals surface area contributed by atoms with Crippen molar-refractivity contribution in [1.29, 1.82) is 0 Å². The van der Waals surface area contributed by atoms with Gasteiger partial charge in [0, 0.05) is 0 Å². The minimum absolute atomic E-state index is 0.391. The van der Waals surface area contributed by atoms with E-state index in [-0.39, 0.29) is 0 Å². The zero-order chi connectivity index (χ0) is 18.7. The SMILES string of the molecule is NCCCC[C@H](Nn1cc[n+](N[C@@H](CCCCN)C(=O)O)c1)C(=O)[O-]. The van der Waals surface area contributed by atoms with Crippen molar-refractivity contribution in [2.75, 3.05) is 23.9 Å². The predicted octanol–water partition coefficient (Wildman–Crippen LogP) is -2.31. The molecule has 0 aromatic carbocycles. The molecule has 0 aliphatic heterocycles. The first-order valence-corrected chi connectivity index (χ1v) is 8.44. The van der Waals surface area contributed by atoms with Gasteiger partial charge in [0.2, 0.25) is 0 Å². The molecule has 0 aliphatic carbocycles. The van der Waals surface area contributed by atoms with Gasteiger partial charge in [-0.25, -0.2) is 15.6 Å². The van der Waals surface area contributed by atoms with E-state index in [1.165, 1.54) is 15.7 Å². The van der Waals surface area contributed by atoms with Crippen molar-refractivity contribution >= 4 is 11.9 Å². The van der Waals surface area contributed by atoms with E-state index in [0.29, 0.717) is 38.8 Å². The van der Waals surface area contributed by atoms with Gasteiger partial charge in [-0.3, -0.25) is 0 Å². The molecule has 7 N–H and O–H groups in total. The molecule has 0 saturated carbocycles. The molecule has 1 aromatic heterocycles. The van der Waals surface area contributed by atoms with E-state index in [1.54, 1.807) is 12.4 Å². The zero-order valence-corrected chi connectivity index (χ0v) is 14.3. The van der Waals surface area contributed by atoms with E-state index < -0.39 is 24.0 Å². The third-order valence-electron chi connectivity index (χ3n) is 3.72. The van der Waals surface area contributed by atoms with Gasteiger partial charge in [0.15, 0.2) is 18.4 Å². The van der Waals surface area contributed by atoms with Crippen molar-refractivity contribution in [2.24, 2.45) is 11.5 Å². The van der Waals surface area contributed by atoms with Crippen LogP contribution < -0.4 is 32.1 Å². The van der Waals surface area contributed by atoms with E-state index in [4.69, 9.17) is 11.5 Å². The summed E-state index contributed by atoms with van der Waals surface area (Å²) in [5.41, 5.74) is 16.5. The second-order valence-corrected chi connectivity index (χ2v) is 5.82. The maximum Gasteiger partial charge on any atom is 0.329 e. The zero-order valence-electron chi connectivity index (χ0n) is 14.3. The number of aliphatic carboxylic acids is 2. The highest BCUT2D eigenvalue weighted by Crippen LogP contribution is 2.02. The fraction of sp³-hybridized carbons (Fsp3) is 0.667. The number of carbonyl (C=O) groups excluding carboxylic acids is 1. The summed E-state index contributed by atoms with van der Waals surface area (Å²) in [6.45, 7) is 1.03. The van der Waals surface area contributed by atoms with Crippen LogP contribution in [0.4, 0.5) is 0 Å². The van der Waals surface area contributed by atoms with Gasteiger partial charge in [-0.05, 0) is 51.6 Å². The van der Waals surface area contributed by atoms with E-state index in [1.807, 2.05) is 0 Å². The van der Waals surface area contributed by atoms with Gasteiger partial charge in [-0.2, -0.15) is 0 Å². The number of hydrogen-bond donors (Lipinski definition) is 5. The van der Waals surface area contributed by atoms with Crippen molar-refractivity contribution in [3.05, 3.63) is 18.7 Å². The second kappa shape index (κ2) is 11.3. The Morgan fingerprint density at radius 2 is 1.72 bits per heavy atom. The third-order valence-corrected chi connectivity index (χ3v) is 3.72. The number of carboxylic acid groups (broad SMARTS) is 2. The number of imidazole rings is 1. The van der Waals surface area contributed by atoms with Crippen LogP contribution in [0.5, 0.6) is 0 Å². The van der Waals surface area contributed by atoms with Gasteiger partial charge in [-0.1, -0.05) is 0 Å². The Labute approximate surface area is 146 Å². The lowest BCUT2D eigenvalue weighted by Crippen LogP contribution is -2.52. The Kier molecular flexibility index (Phi) is 9.33. The molecule has 10 nitrogen and oxygen atoms in total. The summed E-state index contributed by atoms with van der Waals surface area (Å²) < 4.78 is 2.93. The Morgan fingerprint density at radius 1 is 1.12 bits per heavy atom. The minimum atomic E-state index is -1.20. The first-order chi connectivity index (χ1) is 12.0. The van der Waals surface area contributed by atoms with Crippen molar-refractivity contribution in [3.8, 4) is 0 Å². The van der Waals surface area contributed by atoms with Gasteiger partial charge in [0.1, 0.15) is 6.04 Å². The smallest absolute Gasteiger partial charge is 0.329 e. The molecule has 0 unspecified atom stereocenters. The lowest BCUT2D eigenvalue weighted by atomic mass is 10.1. The Hall–Kier alpha value is -2.33. The first kappa shape index (κ1) is 20.7. The van der Waals surface area contributed by atoms with E-state index >= 15 is 0 Å². The number of nitrogens with one attached hydrogen (secondary N) is 2. The van der Waals surface area contributed by atoms with Crippen LogP contribution in [0.25, 0.3) is 0 Å². The normalized spacial score (nSPS) is 13.2. The molecule has 0 aliphatic rings. The third kappa shape index (κ3) is 7.86. The number of rotatable bonds is 14. The van der Waals surface area contributed by atoms with Crippen molar-refractivity contribution in [1.82, 2.24) is 4.68 Å². The first-order valence-electron chi connectivity index (χ1n) is 8.44. The van der Waals surface area contributed by atoms with E-state index in [2.05, 4.69) is 10.9 Å². The Morgan fingerprint density at radius 3 is 2.24 bits per heavy atom. The Balaban J connectivity index is 2.60. The predicted molar refractivity (Wildman–Crippen MR) is 89.4 cm³/mol. The van der Waals surface area contributed by atoms with Gasteiger partial charge in [0.25, 0.3) is 6.33 Å². The monoisotopic (exact) mass is 356 g/mol. The summed E-state index contributed by atoms with van der Waals surface area (Å²) in [4.78, 5) is 22.5. The molecule has 0 radical (unpaired) electrons. The summed E-state index contributed by atoms with van der Waals surface area (Å²) >= 11 is 0. The standard InChI is InChI=1S/C15H28N6O4/c16-7-3-1-5-12(14(22)23)18-20-9-10-21(11-20)19-13(15(24)25)6-2-4-8-17/h9-13,18-19H,1-8,16-17H2,(H-,22,23,24,25)/t12-,13-/m0/s1. The van der Waals surface area contributed by atoms with Crippen LogP contribution in [0.15, 0.2) is 18.7 Å². The second-order valence-electron chi connectivity index (χ2n) is 5.82. The molecular weight excluding hydrogens is 328 g/mol. The molecule has 2 atom stereocenters. The van der Waals surface area contributed by atoms with Crippen LogP contribution in [-0.2, 0) is 9.59 Å². The van der Waals surface area contributed by atoms with Crippen molar-refractivity contribution < 1.29 is 24.5 Å². The maximum atomic E-state index is 11.3. The molecule has 1 aromatic rings. The molecule has 0 amide bonds. The number of hydrogen-bond acceptors (Lipinski definition) is 7. The molecule has 1 rings (SSSR count). The highest BCUT2D eigenvalue weighted by molar-refractivity contribution is 5.74. The van der Waals surface area contributed by atoms with Crippen LogP contribution in [0.1, 0.15) is 38.5 Å². The van der Waals surface area contributed by atoms with E-state index in [9.17, 15) is 19.8 Å². The number of nitrogens with zero attached hydrogens (tertiary/aromatic N) is 2. The van der Waals surface area contributed by atoms with Crippen LogP contribution in [0, 0.1) is 0 Å². The topological polar surface area (TPSA) is 162 Å². The van der Waals surface area contributed by atoms with Crippen LogP contribution in [0.2, 0.25) is 0 Å². The fourth-order valence-corrected chi connectivity index (χ4v) is 2.33. The average molecular weight is 356 g/mol. The molecule has 0 bridgehead atoms. The number of nitrogens with two attached hydrogens (primary N) is 2. The van der Waals surface area contributed by atoms with Gasteiger partial charge >= 0.3 is 5.97 Å². The van der Waals surface area contributed by atoms with Gasteiger partial charge in [0.05, 0.1) is 5.97 Å². The van der Waals surface area contributed by atoms with Crippen LogP contribution >= 0.6 is 0 Å². The van der Waals surface area contributed by atoms with Crippen LogP contribution in [-0.4, -0.2) is 46.9 Å². The lowest BCUT2D eigenvalue weighted by molar-refractivity contribution is -0.651. The van der Waals surface area contributed by atoms with Crippen molar-refractivity contribution in [3.63, 3.8) is 0 Å². The maximum absolute atomic E-state index is 11.3. The highest BCUT2D eigenvalue weighted by Gasteiger charge is 2.20. The van der Waals surface area contributed by atoms with Gasteiger partial charge < -0.3 is 26.5 Å². The van der Waals surface area contributed by atoms with Crippen LogP contribution in [0.3, 0.4) is 0 Å². The number of carbonyl (C=O) groups is 2. The number of unbranched alkanes of at least 4 members (excludes halogenated alkanes) is 2. The lowest BCUT2D eigenvalue weighted by Gasteiger charge is -2.17. The molecule has 10 heteroatoms. The fourth-order valence-electron chi connectivity index (χ4n) is 2.33. The molecule has 0 fully saturated rings. The van der Waals surface area contributed by atoms with Crippen molar-refractivity contribution in [2.45, 2.75) is 50.6 Å². The summed E-state index contributed by atoms with van der Waals surface area (Å²) in [7, 11) is 0.